The van der Waals surface area contributed by atoms with E-state index in [0.29, 0.717) is 43.4 Å². The van der Waals surface area contributed by atoms with Crippen LogP contribution in [0.15, 0.2) is 53.6 Å². The second-order valence-corrected chi connectivity index (χ2v) is 8.38. The van der Waals surface area contributed by atoms with E-state index in [4.69, 9.17) is 14.5 Å². The molecule has 9 nitrogen and oxygen atoms in total. The van der Waals surface area contributed by atoms with Gasteiger partial charge in [0.15, 0.2) is 0 Å². The molecular formula is C25H28FN7O2. The Bertz CT molecular complexity index is 1150. The molecule has 0 aliphatic carbocycles. The molecule has 35 heavy (non-hydrogen) atoms. The number of benzene rings is 2. The Morgan fingerprint density at radius 1 is 0.914 bits per heavy atom. The maximum atomic E-state index is 13.1. The Kier molecular flexibility index (Phi) is 7.28. The second kappa shape index (κ2) is 11.1. The predicted octanol–water partition coefficient (Wildman–Crippen LogP) is 3.47. The summed E-state index contributed by atoms with van der Waals surface area (Å²) in [5, 5.41) is 4.37. The number of anilines is 3. The molecule has 0 bridgehead atoms. The number of halogens is 1. The third kappa shape index (κ3) is 6.02. The molecule has 3 heterocycles. The number of morpholine rings is 1. The monoisotopic (exact) mass is 477 g/mol. The minimum absolute atomic E-state index is 0.268. The summed E-state index contributed by atoms with van der Waals surface area (Å²) in [7, 11) is 0. The van der Waals surface area contributed by atoms with Crippen LogP contribution in [-0.4, -0.2) is 60.6 Å². The van der Waals surface area contributed by atoms with Crippen LogP contribution in [0.1, 0.15) is 24.0 Å². The third-order valence-corrected chi connectivity index (χ3v) is 5.89. The fourth-order valence-electron chi connectivity index (χ4n) is 3.99. The van der Waals surface area contributed by atoms with Gasteiger partial charge in [-0.05, 0) is 42.7 Å². The van der Waals surface area contributed by atoms with Crippen LogP contribution in [0.4, 0.5) is 22.2 Å². The van der Waals surface area contributed by atoms with E-state index >= 15 is 0 Å². The molecule has 0 atom stereocenters. The van der Waals surface area contributed by atoms with E-state index in [0.717, 1.165) is 50.1 Å². The number of ether oxygens (including phenoxy) is 2. The Morgan fingerprint density at radius 2 is 1.60 bits per heavy atom. The number of nitrogens with zero attached hydrogens (tertiary/aromatic N) is 6. The molecule has 182 valence electrons. The highest BCUT2D eigenvalue weighted by atomic mass is 19.1. The van der Waals surface area contributed by atoms with Gasteiger partial charge in [0.05, 0.1) is 19.4 Å². The smallest absolute Gasteiger partial charge is 0.250 e. The van der Waals surface area contributed by atoms with Crippen molar-refractivity contribution in [3.05, 3.63) is 65.5 Å². The number of rotatable bonds is 8. The molecule has 5 rings (SSSR count). The van der Waals surface area contributed by atoms with Crippen molar-refractivity contribution in [1.82, 2.24) is 15.0 Å². The molecule has 0 radical (unpaired) electrons. The summed E-state index contributed by atoms with van der Waals surface area (Å²) in [5.41, 5.74) is 4.65. The van der Waals surface area contributed by atoms with E-state index in [9.17, 15) is 4.39 Å². The van der Waals surface area contributed by atoms with Gasteiger partial charge in [-0.2, -0.15) is 20.1 Å². The summed E-state index contributed by atoms with van der Waals surface area (Å²) >= 11 is 0. The molecule has 0 unspecified atom stereocenters. The lowest BCUT2D eigenvalue weighted by molar-refractivity contribution is 0.122. The molecule has 2 fully saturated rings. The minimum Gasteiger partial charge on any atom is -0.488 e. The first-order valence-electron chi connectivity index (χ1n) is 11.8. The van der Waals surface area contributed by atoms with Crippen LogP contribution < -0.4 is 20.0 Å². The summed E-state index contributed by atoms with van der Waals surface area (Å²) in [6.07, 6.45) is 3.94. The summed E-state index contributed by atoms with van der Waals surface area (Å²) < 4.78 is 24.6. The van der Waals surface area contributed by atoms with Crippen LogP contribution in [-0.2, 0) is 11.3 Å². The van der Waals surface area contributed by atoms with Crippen LogP contribution in [0.2, 0.25) is 0 Å². The van der Waals surface area contributed by atoms with Crippen molar-refractivity contribution in [2.75, 3.05) is 54.6 Å². The average molecular weight is 478 g/mol. The predicted molar refractivity (Wildman–Crippen MR) is 133 cm³/mol. The minimum atomic E-state index is -0.268. The van der Waals surface area contributed by atoms with Gasteiger partial charge in [0.25, 0.3) is 0 Å². The first-order valence-corrected chi connectivity index (χ1v) is 11.8. The molecule has 2 aliphatic rings. The van der Waals surface area contributed by atoms with Crippen molar-refractivity contribution in [2.45, 2.75) is 19.4 Å². The summed E-state index contributed by atoms with van der Waals surface area (Å²) in [5.74, 6) is 2.09. The van der Waals surface area contributed by atoms with Crippen molar-refractivity contribution >= 4 is 24.1 Å². The number of hydrogen-bond acceptors (Lipinski definition) is 9. The maximum absolute atomic E-state index is 13.1. The van der Waals surface area contributed by atoms with Crippen molar-refractivity contribution in [2.24, 2.45) is 5.10 Å². The van der Waals surface area contributed by atoms with Crippen molar-refractivity contribution in [3.63, 3.8) is 0 Å². The molecule has 10 heteroatoms. The Balaban J connectivity index is 1.30. The molecule has 3 aromatic rings. The lowest BCUT2D eigenvalue weighted by atomic mass is 10.2. The topological polar surface area (TPSA) is 88.0 Å². The van der Waals surface area contributed by atoms with Crippen LogP contribution >= 0.6 is 0 Å². The van der Waals surface area contributed by atoms with Crippen LogP contribution in [0.25, 0.3) is 0 Å². The van der Waals surface area contributed by atoms with Crippen LogP contribution in [0.5, 0.6) is 5.75 Å². The summed E-state index contributed by atoms with van der Waals surface area (Å²) in [6.45, 7) is 4.99. The highest BCUT2D eigenvalue weighted by molar-refractivity contribution is 5.83. The number of para-hydroxylation sites is 1. The molecule has 1 N–H and O–H groups in total. The zero-order valence-electron chi connectivity index (χ0n) is 19.4. The van der Waals surface area contributed by atoms with Crippen molar-refractivity contribution in [1.29, 1.82) is 0 Å². The molecule has 0 amide bonds. The van der Waals surface area contributed by atoms with E-state index in [1.165, 1.54) is 12.1 Å². The van der Waals surface area contributed by atoms with Gasteiger partial charge >= 0.3 is 0 Å². The number of nitrogens with one attached hydrogen (secondary N) is 1. The van der Waals surface area contributed by atoms with E-state index in [1.54, 1.807) is 18.3 Å². The zero-order valence-corrected chi connectivity index (χ0v) is 19.4. The van der Waals surface area contributed by atoms with Gasteiger partial charge in [-0.3, -0.25) is 0 Å². The Morgan fingerprint density at radius 3 is 2.34 bits per heavy atom. The van der Waals surface area contributed by atoms with Crippen molar-refractivity contribution < 1.29 is 13.9 Å². The molecule has 2 aliphatic heterocycles. The number of hydrogen-bond donors (Lipinski definition) is 1. The summed E-state index contributed by atoms with van der Waals surface area (Å²) in [4.78, 5) is 18.2. The lowest BCUT2D eigenvalue weighted by Crippen LogP contribution is -2.38. The van der Waals surface area contributed by atoms with E-state index < -0.39 is 0 Å². The van der Waals surface area contributed by atoms with E-state index in [-0.39, 0.29) is 5.82 Å². The van der Waals surface area contributed by atoms with Gasteiger partial charge in [0, 0.05) is 31.7 Å². The quantitative estimate of drug-likeness (QED) is 0.390. The number of hydrazone groups is 1. The standard InChI is InChI=1S/C25H28FN7O2/c26-21-9-7-19(8-10-21)18-35-22-6-2-1-5-20(22)17-27-31-23-28-24(32-11-3-4-12-32)30-25(29-23)33-13-15-34-16-14-33/h1-2,5-10,17H,3-4,11-16,18H2,(H,28,29,30,31)/b27-17-. The molecule has 0 spiro atoms. The highest BCUT2D eigenvalue weighted by Gasteiger charge is 2.21. The van der Waals surface area contributed by atoms with E-state index in [1.807, 2.05) is 24.3 Å². The fraction of sp³-hybridized carbons (Fsp3) is 0.360. The summed E-state index contributed by atoms with van der Waals surface area (Å²) in [6, 6.07) is 13.9. The van der Waals surface area contributed by atoms with Gasteiger partial charge in [0.1, 0.15) is 18.2 Å². The molecule has 2 saturated heterocycles. The van der Waals surface area contributed by atoms with Gasteiger partial charge < -0.3 is 19.3 Å². The lowest BCUT2D eigenvalue weighted by Gasteiger charge is -2.27. The maximum Gasteiger partial charge on any atom is 0.250 e. The normalized spacial score (nSPS) is 16.1. The van der Waals surface area contributed by atoms with Crippen LogP contribution in [0.3, 0.4) is 0 Å². The third-order valence-electron chi connectivity index (χ3n) is 5.89. The van der Waals surface area contributed by atoms with Crippen LogP contribution in [0, 0.1) is 5.82 Å². The van der Waals surface area contributed by atoms with Crippen molar-refractivity contribution in [3.8, 4) is 5.75 Å². The highest BCUT2D eigenvalue weighted by Crippen LogP contribution is 2.22. The SMILES string of the molecule is Fc1ccc(COc2ccccc2/C=N\Nc2nc(N3CCCC3)nc(N3CCOCC3)n2)cc1. The zero-order chi connectivity index (χ0) is 23.9. The Hall–Kier alpha value is -3.79. The van der Waals surface area contributed by atoms with E-state index in [2.05, 4.69) is 30.3 Å². The van der Waals surface area contributed by atoms with Gasteiger partial charge in [-0.15, -0.1) is 0 Å². The molecule has 1 aromatic heterocycles. The average Bonchev–Trinajstić information content (AvgIpc) is 3.45. The molecule has 2 aromatic carbocycles. The first-order chi connectivity index (χ1) is 17.2. The first kappa shape index (κ1) is 23.0. The molecule has 0 saturated carbocycles. The Labute approximate surface area is 203 Å². The second-order valence-electron chi connectivity index (χ2n) is 8.38. The van der Waals surface area contributed by atoms with Gasteiger partial charge in [0.2, 0.25) is 17.8 Å². The van der Waals surface area contributed by atoms with Gasteiger partial charge in [-0.1, -0.05) is 24.3 Å². The van der Waals surface area contributed by atoms with Gasteiger partial charge in [-0.25, -0.2) is 9.82 Å². The molecular weight excluding hydrogens is 449 g/mol. The largest absolute Gasteiger partial charge is 0.488 e. The number of aromatic nitrogens is 3. The fourth-order valence-corrected chi connectivity index (χ4v) is 3.99.